The van der Waals surface area contributed by atoms with Gasteiger partial charge < -0.3 is 0 Å². The average Bonchev–Trinajstić information content (AvgIpc) is 2.69. The summed E-state index contributed by atoms with van der Waals surface area (Å²) >= 11 is 7.24. The molecule has 0 bridgehead atoms. The predicted octanol–water partition coefficient (Wildman–Crippen LogP) is 5.88. The molecule has 0 fully saturated rings. The van der Waals surface area contributed by atoms with E-state index in [1.165, 1.54) is 0 Å². The van der Waals surface area contributed by atoms with E-state index in [0.717, 1.165) is 28.2 Å². The van der Waals surface area contributed by atoms with Crippen molar-refractivity contribution in [3.63, 3.8) is 0 Å². The molecule has 5 heteroatoms. The molecule has 0 N–H and O–H groups in total. The van der Waals surface area contributed by atoms with Crippen LogP contribution in [0.3, 0.4) is 0 Å². The number of fused-ring (bicyclic) bond motifs is 1. The van der Waals surface area contributed by atoms with Gasteiger partial charge in [-0.3, -0.25) is 4.79 Å². The molecule has 0 spiro atoms. The summed E-state index contributed by atoms with van der Waals surface area (Å²) in [5, 5.41) is 1.77. The zero-order valence-electron chi connectivity index (χ0n) is 13.6. The van der Waals surface area contributed by atoms with Gasteiger partial charge in [-0.05, 0) is 30.0 Å². The minimum Gasteiger partial charge on any atom is -0.281 e. The van der Waals surface area contributed by atoms with Crippen LogP contribution in [0.5, 0.6) is 0 Å². The first-order chi connectivity index (χ1) is 12.7. The zero-order valence-corrected chi connectivity index (χ0v) is 15.2. The lowest BCUT2D eigenvalue weighted by molar-refractivity contribution is 0.108. The van der Waals surface area contributed by atoms with E-state index in [2.05, 4.69) is 9.97 Å². The van der Waals surface area contributed by atoms with E-state index in [4.69, 9.17) is 11.6 Å². The van der Waals surface area contributed by atoms with Crippen molar-refractivity contribution in [2.45, 2.75) is 5.03 Å². The Morgan fingerprint density at radius 2 is 1.50 bits per heavy atom. The largest absolute Gasteiger partial charge is 0.281 e. The number of carbonyl (C=O) groups is 1. The van der Waals surface area contributed by atoms with Crippen LogP contribution in [0.4, 0.5) is 0 Å². The smallest absolute Gasteiger partial charge is 0.227 e. The summed E-state index contributed by atoms with van der Waals surface area (Å²) in [6.45, 7) is 0. The van der Waals surface area contributed by atoms with Crippen LogP contribution in [-0.4, -0.2) is 15.1 Å². The van der Waals surface area contributed by atoms with Crippen molar-refractivity contribution in [3.8, 4) is 11.4 Å². The lowest BCUT2D eigenvalue weighted by Crippen LogP contribution is -1.98. The molecule has 0 aliphatic heterocycles. The van der Waals surface area contributed by atoms with Crippen LogP contribution < -0.4 is 0 Å². The van der Waals surface area contributed by atoms with Crippen molar-refractivity contribution < 1.29 is 4.79 Å². The zero-order chi connectivity index (χ0) is 17.9. The predicted molar refractivity (Wildman–Crippen MR) is 107 cm³/mol. The van der Waals surface area contributed by atoms with E-state index < -0.39 is 0 Å². The Labute approximate surface area is 160 Å². The van der Waals surface area contributed by atoms with Gasteiger partial charge in [0.05, 0.1) is 10.5 Å². The van der Waals surface area contributed by atoms with Gasteiger partial charge in [0.2, 0.25) is 5.12 Å². The summed E-state index contributed by atoms with van der Waals surface area (Å²) in [5.74, 6) is 0.596. The first-order valence-corrected chi connectivity index (χ1v) is 9.21. The monoisotopic (exact) mass is 376 g/mol. The van der Waals surface area contributed by atoms with Crippen LogP contribution in [0.15, 0.2) is 83.9 Å². The van der Waals surface area contributed by atoms with Gasteiger partial charge >= 0.3 is 0 Å². The summed E-state index contributed by atoms with van der Waals surface area (Å²) in [6.07, 6.45) is 0. The fraction of sp³-hybridized carbons (Fsp3) is 0. The highest BCUT2D eigenvalue weighted by Crippen LogP contribution is 2.31. The molecule has 3 nitrogen and oxygen atoms in total. The quantitative estimate of drug-likeness (QED) is 0.330. The van der Waals surface area contributed by atoms with E-state index in [1.54, 1.807) is 24.3 Å². The van der Waals surface area contributed by atoms with Crippen LogP contribution in [0.2, 0.25) is 5.02 Å². The van der Waals surface area contributed by atoms with E-state index in [-0.39, 0.29) is 5.12 Å². The summed E-state index contributed by atoms with van der Waals surface area (Å²) in [4.78, 5) is 22.0. The molecule has 0 aliphatic carbocycles. The van der Waals surface area contributed by atoms with Crippen molar-refractivity contribution in [2.24, 2.45) is 0 Å². The maximum Gasteiger partial charge on any atom is 0.227 e. The van der Waals surface area contributed by atoms with Crippen molar-refractivity contribution in [1.29, 1.82) is 0 Å². The first kappa shape index (κ1) is 16.8. The number of carbonyl (C=O) groups excluding carboxylic acids is 1. The fourth-order valence-corrected chi connectivity index (χ4v) is 3.77. The number of hydrogen-bond acceptors (Lipinski definition) is 4. The van der Waals surface area contributed by atoms with Crippen molar-refractivity contribution >= 4 is 39.4 Å². The molecule has 4 rings (SSSR count). The summed E-state index contributed by atoms with van der Waals surface area (Å²) in [7, 11) is 0. The number of hydrogen-bond donors (Lipinski definition) is 0. The van der Waals surface area contributed by atoms with Crippen molar-refractivity contribution in [2.75, 3.05) is 0 Å². The highest BCUT2D eigenvalue weighted by molar-refractivity contribution is 8.14. The van der Waals surface area contributed by atoms with Crippen LogP contribution in [0, 0.1) is 0 Å². The van der Waals surface area contributed by atoms with Crippen molar-refractivity contribution in [3.05, 3.63) is 89.4 Å². The highest BCUT2D eigenvalue weighted by atomic mass is 35.5. The van der Waals surface area contributed by atoms with E-state index >= 15 is 0 Å². The molecule has 3 aromatic carbocycles. The Morgan fingerprint density at radius 3 is 2.31 bits per heavy atom. The van der Waals surface area contributed by atoms with E-state index in [9.17, 15) is 4.79 Å². The molecule has 1 aromatic heterocycles. The number of aromatic nitrogens is 2. The molecule has 0 saturated heterocycles. The maximum absolute atomic E-state index is 12.7. The Bertz CT molecular complexity index is 1100. The molecule has 0 unspecified atom stereocenters. The van der Waals surface area contributed by atoms with E-state index in [0.29, 0.717) is 21.4 Å². The summed E-state index contributed by atoms with van der Waals surface area (Å²) < 4.78 is 0. The van der Waals surface area contributed by atoms with Crippen molar-refractivity contribution in [1.82, 2.24) is 9.97 Å². The Hall–Kier alpha value is -2.69. The molecule has 0 radical (unpaired) electrons. The molecule has 26 heavy (non-hydrogen) atoms. The van der Waals surface area contributed by atoms with Gasteiger partial charge in [-0.2, -0.15) is 0 Å². The second-order valence-corrected chi connectivity index (χ2v) is 6.97. The number of halogens is 1. The van der Waals surface area contributed by atoms with Gasteiger partial charge in [-0.25, -0.2) is 9.97 Å². The summed E-state index contributed by atoms with van der Waals surface area (Å²) in [5.41, 5.74) is 2.18. The molecule has 0 amide bonds. The number of thioether (sulfide) groups is 1. The molecule has 126 valence electrons. The van der Waals surface area contributed by atoms with E-state index in [1.807, 2.05) is 54.6 Å². The molecule has 0 aliphatic rings. The molecular formula is C21H13ClN2OS. The van der Waals surface area contributed by atoms with Gasteiger partial charge in [-0.1, -0.05) is 72.3 Å². The molecular weight excluding hydrogens is 364 g/mol. The first-order valence-electron chi connectivity index (χ1n) is 8.01. The van der Waals surface area contributed by atoms with Gasteiger partial charge in [0.15, 0.2) is 5.82 Å². The highest BCUT2D eigenvalue weighted by Gasteiger charge is 2.16. The fourth-order valence-electron chi connectivity index (χ4n) is 2.61. The number of rotatable bonds is 3. The Kier molecular flexibility index (Phi) is 4.69. The van der Waals surface area contributed by atoms with Crippen LogP contribution in [0.1, 0.15) is 10.4 Å². The standard InChI is InChI=1S/C21H13ClN2OS/c22-17-12-6-4-10-15(17)21(25)26-20-16-11-5-7-13-18(16)23-19(24-20)14-8-2-1-3-9-14/h1-13H. The minimum atomic E-state index is -0.140. The lowest BCUT2D eigenvalue weighted by atomic mass is 10.2. The van der Waals surface area contributed by atoms with Crippen LogP contribution >= 0.6 is 23.4 Å². The molecule has 4 aromatic rings. The third-order valence-electron chi connectivity index (χ3n) is 3.88. The summed E-state index contributed by atoms with van der Waals surface area (Å²) in [6, 6.07) is 24.5. The lowest BCUT2D eigenvalue weighted by Gasteiger charge is -2.08. The molecule has 0 saturated carbocycles. The second kappa shape index (κ2) is 7.28. The van der Waals surface area contributed by atoms with Gasteiger partial charge in [0.1, 0.15) is 5.03 Å². The number of benzene rings is 3. The number of para-hydroxylation sites is 1. The third kappa shape index (κ3) is 3.34. The molecule has 1 heterocycles. The van der Waals surface area contributed by atoms with Gasteiger partial charge in [0.25, 0.3) is 0 Å². The van der Waals surface area contributed by atoms with Gasteiger partial charge in [0, 0.05) is 16.5 Å². The second-order valence-electron chi connectivity index (χ2n) is 5.60. The third-order valence-corrected chi connectivity index (χ3v) is 5.12. The minimum absolute atomic E-state index is 0.140. The topological polar surface area (TPSA) is 42.9 Å². The Balaban J connectivity index is 1.81. The van der Waals surface area contributed by atoms with Crippen LogP contribution in [0.25, 0.3) is 22.3 Å². The number of nitrogens with zero attached hydrogens (tertiary/aromatic N) is 2. The van der Waals surface area contributed by atoms with Gasteiger partial charge in [-0.15, -0.1) is 0 Å². The molecule has 0 atom stereocenters. The normalized spacial score (nSPS) is 10.8. The Morgan fingerprint density at radius 1 is 0.808 bits per heavy atom. The SMILES string of the molecule is O=C(Sc1nc(-c2ccccc2)nc2ccccc12)c1ccccc1Cl. The average molecular weight is 377 g/mol. The maximum atomic E-state index is 12.7. The van der Waals surface area contributed by atoms with Crippen LogP contribution in [-0.2, 0) is 0 Å².